The Hall–Kier alpha value is -2.27. The molecule has 0 fully saturated rings. The Kier molecular flexibility index (Phi) is 2.97. The van der Waals surface area contributed by atoms with Crippen LogP contribution in [0.5, 0.6) is 17.2 Å². The molecule has 0 bridgehead atoms. The lowest BCUT2D eigenvalue weighted by molar-refractivity contribution is 0.174. The molecule has 0 amide bonds. The summed E-state index contributed by atoms with van der Waals surface area (Å²) in [7, 11) is 1.62. The van der Waals surface area contributed by atoms with E-state index in [-0.39, 0.29) is 6.79 Å². The third-order valence-corrected chi connectivity index (χ3v) is 3.06. The minimum atomic E-state index is 0.230. The van der Waals surface area contributed by atoms with Gasteiger partial charge in [-0.15, -0.1) is 0 Å². The highest BCUT2D eigenvalue weighted by Crippen LogP contribution is 2.42. The highest BCUT2D eigenvalue weighted by Gasteiger charge is 2.20. The summed E-state index contributed by atoms with van der Waals surface area (Å²) in [5.74, 6) is 2.08. The number of hydrogen-bond acceptors (Lipinski definition) is 5. The number of pyridine rings is 1. The summed E-state index contributed by atoms with van der Waals surface area (Å²) in [6, 6.07) is 7.51. The molecular weight excluding hydrogens is 244 g/mol. The average Bonchev–Trinajstić information content (AvgIpc) is 2.93. The number of nitrogens with two attached hydrogens (primary N) is 1. The van der Waals surface area contributed by atoms with E-state index in [1.165, 1.54) is 0 Å². The van der Waals surface area contributed by atoms with Crippen LogP contribution in [0.15, 0.2) is 30.5 Å². The number of rotatable bonds is 3. The van der Waals surface area contributed by atoms with Crippen molar-refractivity contribution in [2.45, 2.75) is 6.54 Å². The Morgan fingerprint density at radius 1 is 1.32 bits per heavy atom. The zero-order valence-corrected chi connectivity index (χ0v) is 10.6. The first-order valence-corrected chi connectivity index (χ1v) is 5.95. The van der Waals surface area contributed by atoms with Crippen LogP contribution in [0.4, 0.5) is 0 Å². The van der Waals surface area contributed by atoms with Gasteiger partial charge in [-0.3, -0.25) is 4.98 Å². The summed E-state index contributed by atoms with van der Waals surface area (Å²) in [5, 5.41) is 0. The lowest BCUT2D eigenvalue weighted by Crippen LogP contribution is -2.01. The third kappa shape index (κ3) is 1.98. The van der Waals surface area contributed by atoms with E-state index >= 15 is 0 Å². The van der Waals surface area contributed by atoms with Crippen LogP contribution >= 0.6 is 0 Å². The van der Waals surface area contributed by atoms with E-state index in [0.29, 0.717) is 23.8 Å². The van der Waals surface area contributed by atoms with Gasteiger partial charge in [0.15, 0.2) is 11.5 Å². The molecule has 2 heterocycles. The van der Waals surface area contributed by atoms with Crippen molar-refractivity contribution >= 4 is 0 Å². The Morgan fingerprint density at radius 2 is 2.11 bits per heavy atom. The Labute approximate surface area is 110 Å². The van der Waals surface area contributed by atoms with Gasteiger partial charge in [0, 0.05) is 24.4 Å². The van der Waals surface area contributed by atoms with Gasteiger partial charge in [-0.1, -0.05) is 6.07 Å². The maximum absolute atomic E-state index is 5.76. The summed E-state index contributed by atoms with van der Waals surface area (Å²) >= 11 is 0. The Balaban J connectivity index is 2.18. The van der Waals surface area contributed by atoms with Gasteiger partial charge >= 0.3 is 0 Å². The number of fused-ring (bicyclic) bond motifs is 1. The van der Waals surface area contributed by atoms with E-state index in [1.54, 1.807) is 13.3 Å². The Bertz CT molecular complexity index is 614. The molecular formula is C14H14N2O3. The van der Waals surface area contributed by atoms with Gasteiger partial charge in [0.2, 0.25) is 6.79 Å². The zero-order valence-electron chi connectivity index (χ0n) is 10.6. The van der Waals surface area contributed by atoms with Crippen molar-refractivity contribution in [2.75, 3.05) is 13.9 Å². The SMILES string of the molecule is COc1cc2c(cc1-c1ncccc1CN)OCO2. The molecule has 0 radical (unpaired) electrons. The minimum absolute atomic E-state index is 0.230. The van der Waals surface area contributed by atoms with Crippen molar-refractivity contribution < 1.29 is 14.2 Å². The molecule has 1 aromatic heterocycles. The molecule has 2 N–H and O–H groups in total. The molecule has 3 rings (SSSR count). The fraction of sp³-hybridized carbons (Fsp3) is 0.214. The van der Waals surface area contributed by atoms with Crippen LogP contribution in [0.25, 0.3) is 11.3 Å². The first-order valence-electron chi connectivity index (χ1n) is 5.95. The zero-order chi connectivity index (χ0) is 13.2. The summed E-state index contributed by atoms with van der Waals surface area (Å²) in [6.07, 6.45) is 1.73. The maximum Gasteiger partial charge on any atom is 0.231 e. The van der Waals surface area contributed by atoms with Gasteiger partial charge in [-0.2, -0.15) is 0 Å². The van der Waals surface area contributed by atoms with Gasteiger partial charge in [0.25, 0.3) is 0 Å². The van der Waals surface area contributed by atoms with Crippen molar-refractivity contribution in [3.63, 3.8) is 0 Å². The second-order valence-corrected chi connectivity index (χ2v) is 4.12. The minimum Gasteiger partial charge on any atom is -0.496 e. The molecule has 0 spiro atoms. The average molecular weight is 258 g/mol. The standard InChI is InChI=1S/C14H14N2O3/c1-17-11-6-13-12(18-8-19-13)5-10(11)14-9(7-15)3-2-4-16-14/h2-6H,7-8,15H2,1H3. The van der Waals surface area contributed by atoms with Crippen molar-refractivity contribution in [3.8, 4) is 28.5 Å². The van der Waals surface area contributed by atoms with Crippen molar-refractivity contribution in [1.29, 1.82) is 0 Å². The monoisotopic (exact) mass is 258 g/mol. The van der Waals surface area contributed by atoms with Crippen LogP contribution in [-0.4, -0.2) is 18.9 Å². The topological polar surface area (TPSA) is 66.6 Å². The molecule has 5 nitrogen and oxygen atoms in total. The second-order valence-electron chi connectivity index (χ2n) is 4.12. The normalized spacial score (nSPS) is 12.5. The molecule has 5 heteroatoms. The first kappa shape index (κ1) is 11.8. The van der Waals surface area contributed by atoms with E-state index in [0.717, 1.165) is 16.8 Å². The van der Waals surface area contributed by atoms with Gasteiger partial charge in [0.1, 0.15) is 5.75 Å². The maximum atomic E-state index is 5.76. The smallest absolute Gasteiger partial charge is 0.231 e. The fourth-order valence-electron chi connectivity index (χ4n) is 2.12. The third-order valence-electron chi connectivity index (χ3n) is 3.06. The van der Waals surface area contributed by atoms with Gasteiger partial charge in [-0.25, -0.2) is 0 Å². The van der Waals surface area contributed by atoms with Crippen LogP contribution in [0.3, 0.4) is 0 Å². The summed E-state index contributed by atoms with van der Waals surface area (Å²) < 4.78 is 16.1. The van der Waals surface area contributed by atoms with Crippen LogP contribution in [0.2, 0.25) is 0 Å². The molecule has 1 aliphatic heterocycles. The molecule has 2 aromatic rings. The molecule has 98 valence electrons. The number of ether oxygens (including phenoxy) is 3. The predicted octanol–water partition coefficient (Wildman–Crippen LogP) is 1.94. The molecule has 0 aliphatic carbocycles. The lowest BCUT2D eigenvalue weighted by atomic mass is 10.0. The molecule has 0 saturated carbocycles. The van der Waals surface area contributed by atoms with E-state index in [2.05, 4.69) is 4.98 Å². The number of nitrogens with zero attached hydrogens (tertiary/aromatic N) is 1. The molecule has 0 atom stereocenters. The largest absolute Gasteiger partial charge is 0.496 e. The first-order chi connectivity index (χ1) is 9.33. The van der Waals surface area contributed by atoms with Gasteiger partial charge < -0.3 is 19.9 Å². The van der Waals surface area contributed by atoms with Crippen LogP contribution in [-0.2, 0) is 6.54 Å². The fourth-order valence-corrected chi connectivity index (χ4v) is 2.12. The number of benzene rings is 1. The summed E-state index contributed by atoms with van der Waals surface area (Å²) in [4.78, 5) is 4.40. The van der Waals surface area contributed by atoms with Crippen molar-refractivity contribution in [3.05, 3.63) is 36.0 Å². The van der Waals surface area contributed by atoms with Gasteiger partial charge in [0.05, 0.1) is 12.8 Å². The number of methoxy groups -OCH3 is 1. The van der Waals surface area contributed by atoms with Crippen LogP contribution in [0.1, 0.15) is 5.56 Å². The Morgan fingerprint density at radius 3 is 2.84 bits per heavy atom. The lowest BCUT2D eigenvalue weighted by Gasteiger charge is -2.12. The van der Waals surface area contributed by atoms with E-state index < -0.39 is 0 Å². The highest BCUT2D eigenvalue weighted by atomic mass is 16.7. The highest BCUT2D eigenvalue weighted by molar-refractivity contribution is 5.74. The second kappa shape index (κ2) is 4.78. The van der Waals surface area contributed by atoms with E-state index in [4.69, 9.17) is 19.9 Å². The van der Waals surface area contributed by atoms with Crippen molar-refractivity contribution in [1.82, 2.24) is 4.98 Å². The summed E-state index contributed by atoms with van der Waals surface area (Å²) in [6.45, 7) is 0.647. The quantitative estimate of drug-likeness (QED) is 0.911. The molecule has 0 unspecified atom stereocenters. The molecule has 1 aromatic carbocycles. The molecule has 0 saturated heterocycles. The van der Waals surface area contributed by atoms with E-state index in [9.17, 15) is 0 Å². The number of hydrogen-bond donors (Lipinski definition) is 1. The van der Waals surface area contributed by atoms with Gasteiger partial charge in [-0.05, 0) is 17.7 Å². The predicted molar refractivity (Wildman–Crippen MR) is 70.2 cm³/mol. The number of aromatic nitrogens is 1. The van der Waals surface area contributed by atoms with Crippen LogP contribution in [0, 0.1) is 0 Å². The van der Waals surface area contributed by atoms with E-state index in [1.807, 2.05) is 24.3 Å². The van der Waals surface area contributed by atoms with Crippen LogP contribution < -0.4 is 19.9 Å². The summed E-state index contributed by atoms with van der Waals surface area (Å²) in [5.41, 5.74) is 8.37. The van der Waals surface area contributed by atoms with Crippen molar-refractivity contribution in [2.24, 2.45) is 5.73 Å². The molecule has 19 heavy (non-hydrogen) atoms. The molecule has 1 aliphatic rings.